The van der Waals surface area contributed by atoms with Crippen molar-refractivity contribution in [2.24, 2.45) is 0 Å². The quantitative estimate of drug-likeness (QED) is 0.368. The lowest BCUT2D eigenvalue weighted by Gasteiger charge is -2.38. The van der Waals surface area contributed by atoms with Crippen LogP contribution in [0.3, 0.4) is 0 Å². The molecule has 2 aliphatic heterocycles. The van der Waals surface area contributed by atoms with Gasteiger partial charge in [0.15, 0.2) is 5.69 Å². The molecule has 5 rings (SSSR count). The predicted octanol–water partition coefficient (Wildman–Crippen LogP) is 4.64. The third-order valence-electron chi connectivity index (χ3n) is 7.51. The highest BCUT2D eigenvalue weighted by molar-refractivity contribution is 6.30. The van der Waals surface area contributed by atoms with Crippen molar-refractivity contribution >= 4 is 34.9 Å². The van der Waals surface area contributed by atoms with Crippen LogP contribution in [-0.4, -0.2) is 97.7 Å². The largest absolute Gasteiger partial charge is 0.477 e. The van der Waals surface area contributed by atoms with Gasteiger partial charge in [0.25, 0.3) is 5.91 Å². The minimum absolute atomic E-state index is 0.0450. The Morgan fingerprint density at radius 3 is 2.64 bits per heavy atom. The minimum Gasteiger partial charge on any atom is -0.477 e. The second-order valence-corrected chi connectivity index (χ2v) is 11.2. The van der Waals surface area contributed by atoms with Gasteiger partial charge in [0.1, 0.15) is 0 Å². The average molecular weight is 632 g/mol. The number of alkyl halides is 3. The highest BCUT2D eigenvalue weighted by atomic mass is 35.5. The monoisotopic (exact) mass is 631 g/mol. The van der Waals surface area contributed by atoms with Crippen LogP contribution in [0, 0.1) is 0 Å². The number of anilines is 2. The van der Waals surface area contributed by atoms with Crippen molar-refractivity contribution in [3.63, 3.8) is 0 Å². The third-order valence-corrected chi connectivity index (χ3v) is 7.74. The van der Waals surface area contributed by atoms with E-state index in [-0.39, 0.29) is 35.4 Å². The van der Waals surface area contributed by atoms with E-state index in [1.54, 1.807) is 29.3 Å². The molecule has 44 heavy (non-hydrogen) atoms. The molecule has 4 heterocycles. The molecule has 0 bridgehead atoms. The van der Waals surface area contributed by atoms with E-state index >= 15 is 0 Å². The Hall–Kier alpha value is -4.10. The van der Waals surface area contributed by atoms with Gasteiger partial charge in [-0.25, -0.2) is 14.8 Å². The summed E-state index contributed by atoms with van der Waals surface area (Å²) in [5, 5.41) is 2.86. The molecule has 1 aromatic carbocycles. The van der Waals surface area contributed by atoms with Gasteiger partial charge in [0.05, 0.1) is 40.8 Å². The highest BCUT2D eigenvalue weighted by Crippen LogP contribution is 2.40. The number of piperazine rings is 1. The molecule has 2 saturated heterocycles. The Bertz CT molecular complexity index is 1540. The van der Waals surface area contributed by atoms with E-state index in [1.807, 2.05) is 36.9 Å². The number of benzene rings is 1. The Kier molecular flexibility index (Phi) is 9.16. The number of fused-ring (bicyclic) bond motifs is 1. The van der Waals surface area contributed by atoms with E-state index in [2.05, 4.69) is 10.3 Å². The lowest BCUT2D eigenvalue weighted by Crippen LogP contribution is -2.52. The molecule has 0 saturated carbocycles. The van der Waals surface area contributed by atoms with Crippen molar-refractivity contribution in [1.82, 2.24) is 25.1 Å². The number of ether oxygens (including phenoxy) is 1. The number of rotatable bonds is 9. The molecule has 0 radical (unpaired) electrons. The van der Waals surface area contributed by atoms with E-state index in [4.69, 9.17) is 21.3 Å². The van der Waals surface area contributed by atoms with Crippen LogP contribution in [0.25, 0.3) is 11.3 Å². The van der Waals surface area contributed by atoms with Crippen molar-refractivity contribution in [2.75, 3.05) is 69.8 Å². The normalized spacial score (nSPS) is 16.9. The summed E-state index contributed by atoms with van der Waals surface area (Å²) < 4.78 is 47.3. The lowest BCUT2D eigenvalue weighted by molar-refractivity contribution is -0.137. The molecule has 2 fully saturated rings. The Morgan fingerprint density at radius 2 is 1.91 bits per heavy atom. The summed E-state index contributed by atoms with van der Waals surface area (Å²) in [6, 6.07) is 9.65. The first-order valence-electron chi connectivity index (χ1n) is 14.2. The van der Waals surface area contributed by atoms with Gasteiger partial charge in [-0.3, -0.25) is 9.69 Å². The fraction of sp³-hybridized carbons (Fsp3) is 0.400. The first-order valence-corrected chi connectivity index (χ1v) is 14.6. The number of nitrogens with zero attached hydrogens (tertiary/aromatic N) is 6. The SMILES string of the molecule is CCOc1ncccc1-c1ccc(N2CCN3C(=O)N(c4ccc(Cl)cc4C(F)(F)F)C[C@H]3C2)c(C(=O)NCCN(C)C)n1. The van der Waals surface area contributed by atoms with Crippen LogP contribution in [0.5, 0.6) is 5.88 Å². The molecular weight excluding hydrogens is 599 g/mol. The molecule has 14 heteroatoms. The summed E-state index contributed by atoms with van der Waals surface area (Å²) in [6.07, 6.45) is -3.07. The molecule has 234 valence electrons. The van der Waals surface area contributed by atoms with Gasteiger partial charge in [-0.2, -0.15) is 13.2 Å². The first-order chi connectivity index (χ1) is 21.0. The maximum Gasteiger partial charge on any atom is 0.418 e. The van der Waals surface area contributed by atoms with Gasteiger partial charge >= 0.3 is 12.2 Å². The number of urea groups is 1. The maximum absolute atomic E-state index is 13.9. The third kappa shape index (κ3) is 6.53. The zero-order chi connectivity index (χ0) is 31.6. The van der Waals surface area contributed by atoms with Crippen LogP contribution in [-0.2, 0) is 6.18 Å². The smallest absolute Gasteiger partial charge is 0.418 e. The Morgan fingerprint density at radius 1 is 1.14 bits per heavy atom. The number of aromatic nitrogens is 2. The number of hydrogen-bond donors (Lipinski definition) is 1. The van der Waals surface area contributed by atoms with Gasteiger partial charge in [-0.1, -0.05) is 11.6 Å². The van der Waals surface area contributed by atoms with Crippen molar-refractivity contribution < 1.29 is 27.5 Å². The standard InChI is InChI=1S/C30H33ClF3N7O3/c1-4-44-28-21(6-5-11-36-28)23-8-10-25(26(37-23)27(42)35-12-13-38(2)3)39-14-15-40-20(17-39)18-41(29(40)43)24-9-7-19(31)16-22(24)30(32,33)34/h5-11,16,20H,4,12-15,17-18H2,1-3H3,(H,35,42)/t20-/m1/s1. The summed E-state index contributed by atoms with van der Waals surface area (Å²) in [5.41, 5.74) is 0.694. The number of halogens is 4. The second kappa shape index (κ2) is 12.9. The van der Waals surface area contributed by atoms with Crippen LogP contribution in [0.4, 0.5) is 29.3 Å². The molecule has 3 amide bonds. The molecular formula is C30H33ClF3N7O3. The second-order valence-electron chi connectivity index (χ2n) is 10.8. The van der Waals surface area contributed by atoms with Gasteiger partial charge in [0, 0.05) is 50.5 Å². The topological polar surface area (TPSA) is 94.1 Å². The van der Waals surface area contributed by atoms with Gasteiger partial charge in [0.2, 0.25) is 5.88 Å². The number of carbonyl (C=O) groups is 2. The number of nitrogens with one attached hydrogen (secondary N) is 1. The summed E-state index contributed by atoms with van der Waals surface area (Å²) in [4.78, 5) is 42.5. The molecule has 10 nitrogen and oxygen atoms in total. The van der Waals surface area contributed by atoms with E-state index in [9.17, 15) is 22.8 Å². The van der Waals surface area contributed by atoms with Gasteiger partial charge in [-0.05, 0) is 63.5 Å². The molecule has 2 aromatic heterocycles. The summed E-state index contributed by atoms with van der Waals surface area (Å²) in [6.45, 7) is 4.24. The number of pyridine rings is 2. The summed E-state index contributed by atoms with van der Waals surface area (Å²) >= 11 is 5.86. The van der Waals surface area contributed by atoms with E-state index in [0.717, 1.165) is 11.0 Å². The molecule has 0 aliphatic carbocycles. The van der Waals surface area contributed by atoms with Crippen molar-refractivity contribution in [3.8, 4) is 17.1 Å². The Labute approximate surface area is 258 Å². The molecule has 3 aromatic rings. The highest BCUT2D eigenvalue weighted by Gasteiger charge is 2.45. The van der Waals surface area contributed by atoms with E-state index in [1.165, 1.54) is 12.1 Å². The van der Waals surface area contributed by atoms with Crippen molar-refractivity contribution in [1.29, 1.82) is 0 Å². The molecule has 1 N–H and O–H groups in total. The molecule has 0 spiro atoms. The summed E-state index contributed by atoms with van der Waals surface area (Å²) in [7, 11) is 3.81. The van der Waals surface area contributed by atoms with Crippen molar-refractivity contribution in [3.05, 3.63) is 64.9 Å². The van der Waals surface area contributed by atoms with Crippen molar-refractivity contribution in [2.45, 2.75) is 19.1 Å². The minimum atomic E-state index is -4.69. The summed E-state index contributed by atoms with van der Waals surface area (Å²) in [5.74, 6) is 0.0286. The molecule has 1 atom stereocenters. The van der Waals surface area contributed by atoms with Crippen LogP contribution in [0.1, 0.15) is 23.0 Å². The lowest BCUT2D eigenvalue weighted by atomic mass is 10.1. The average Bonchev–Trinajstić information content (AvgIpc) is 3.32. The van der Waals surface area contributed by atoms with Crippen LogP contribution >= 0.6 is 11.6 Å². The van der Waals surface area contributed by atoms with Crippen LogP contribution < -0.4 is 19.9 Å². The maximum atomic E-state index is 13.9. The Balaban J connectivity index is 1.45. The zero-order valence-corrected chi connectivity index (χ0v) is 25.3. The molecule has 2 aliphatic rings. The number of amides is 3. The molecule has 0 unspecified atom stereocenters. The van der Waals surface area contributed by atoms with Gasteiger partial charge in [-0.15, -0.1) is 0 Å². The van der Waals surface area contributed by atoms with Crippen LogP contribution in [0.15, 0.2) is 48.7 Å². The van der Waals surface area contributed by atoms with Gasteiger partial charge < -0.3 is 24.8 Å². The first kappa shape index (κ1) is 31.3. The van der Waals surface area contributed by atoms with Crippen LogP contribution in [0.2, 0.25) is 5.02 Å². The number of likely N-dealkylation sites (N-methyl/N-ethyl adjacent to an activating group) is 1. The fourth-order valence-corrected chi connectivity index (χ4v) is 5.61. The predicted molar refractivity (Wildman–Crippen MR) is 161 cm³/mol. The van der Waals surface area contributed by atoms with E-state index in [0.29, 0.717) is 55.6 Å². The zero-order valence-electron chi connectivity index (χ0n) is 24.6. The number of carbonyl (C=O) groups excluding carboxylic acids is 2. The number of hydrogen-bond acceptors (Lipinski definition) is 7. The fourth-order valence-electron chi connectivity index (χ4n) is 5.44. The van der Waals surface area contributed by atoms with E-state index < -0.39 is 23.8 Å².